The van der Waals surface area contributed by atoms with Crippen molar-refractivity contribution in [3.63, 3.8) is 0 Å². The summed E-state index contributed by atoms with van der Waals surface area (Å²) < 4.78 is 46.2. The maximum Gasteiger partial charge on any atom is 0.225 e. The summed E-state index contributed by atoms with van der Waals surface area (Å²) in [5, 5.41) is -0.533. The van der Waals surface area contributed by atoms with Crippen molar-refractivity contribution in [1.82, 2.24) is 9.21 Å². The normalized spacial score (nSPS) is 25.5. The fourth-order valence-corrected chi connectivity index (χ4v) is 6.01. The second kappa shape index (κ2) is 7.48. The molecule has 3 aliphatic rings. The SMILES string of the molecule is O=C(C1CCCC1)N1CC(S(=O)(=O)N2CCOC(c3ccc(F)cc3)C2)C1. The number of carbonyl (C=O) groups excluding carboxylic acids is 1. The molecule has 2 aliphatic heterocycles. The molecule has 0 radical (unpaired) electrons. The number of carbonyl (C=O) groups is 1. The van der Waals surface area contributed by atoms with Gasteiger partial charge in [0.25, 0.3) is 0 Å². The van der Waals surface area contributed by atoms with E-state index in [0.717, 1.165) is 31.2 Å². The zero-order valence-corrected chi connectivity index (χ0v) is 16.0. The molecular weight excluding hydrogens is 371 g/mol. The number of nitrogens with zero attached hydrogens (tertiary/aromatic N) is 2. The van der Waals surface area contributed by atoms with Crippen LogP contribution in [-0.2, 0) is 19.6 Å². The molecule has 2 saturated heterocycles. The van der Waals surface area contributed by atoms with Crippen LogP contribution in [0.3, 0.4) is 0 Å². The summed E-state index contributed by atoms with van der Waals surface area (Å²) in [4.78, 5) is 14.1. The zero-order chi connectivity index (χ0) is 19.0. The third-order valence-corrected chi connectivity index (χ3v) is 8.11. The van der Waals surface area contributed by atoms with Crippen molar-refractivity contribution < 1.29 is 22.3 Å². The third-order valence-electron chi connectivity index (χ3n) is 5.92. The van der Waals surface area contributed by atoms with Crippen molar-refractivity contribution in [2.75, 3.05) is 32.8 Å². The van der Waals surface area contributed by atoms with Crippen molar-refractivity contribution in [3.05, 3.63) is 35.6 Å². The van der Waals surface area contributed by atoms with Gasteiger partial charge in [0.1, 0.15) is 11.1 Å². The van der Waals surface area contributed by atoms with Crippen LogP contribution in [-0.4, -0.2) is 61.6 Å². The van der Waals surface area contributed by atoms with E-state index in [4.69, 9.17) is 4.74 Å². The molecule has 0 spiro atoms. The first-order valence-corrected chi connectivity index (χ1v) is 11.1. The molecule has 0 aromatic heterocycles. The summed E-state index contributed by atoms with van der Waals surface area (Å²) >= 11 is 0. The molecule has 3 fully saturated rings. The summed E-state index contributed by atoms with van der Waals surface area (Å²) in [6, 6.07) is 5.96. The molecular formula is C19H25FN2O4S. The second-order valence-electron chi connectivity index (χ2n) is 7.66. The van der Waals surface area contributed by atoms with E-state index in [2.05, 4.69) is 0 Å². The highest BCUT2D eigenvalue weighted by molar-refractivity contribution is 7.89. The topological polar surface area (TPSA) is 66.9 Å². The molecule has 1 saturated carbocycles. The van der Waals surface area contributed by atoms with Gasteiger partial charge >= 0.3 is 0 Å². The largest absolute Gasteiger partial charge is 0.371 e. The predicted octanol–water partition coefficient (Wildman–Crippen LogP) is 1.93. The lowest BCUT2D eigenvalue weighted by Crippen LogP contribution is -2.61. The van der Waals surface area contributed by atoms with Gasteiger partial charge in [-0.3, -0.25) is 4.79 Å². The van der Waals surface area contributed by atoms with Crippen LogP contribution in [0.25, 0.3) is 0 Å². The summed E-state index contributed by atoms with van der Waals surface area (Å²) in [5.41, 5.74) is 0.767. The Hall–Kier alpha value is -1.51. The quantitative estimate of drug-likeness (QED) is 0.780. The first-order valence-electron chi connectivity index (χ1n) is 9.60. The molecule has 1 atom stereocenters. The predicted molar refractivity (Wildman–Crippen MR) is 97.9 cm³/mol. The Labute approximate surface area is 159 Å². The van der Waals surface area contributed by atoms with E-state index >= 15 is 0 Å². The Morgan fingerprint density at radius 1 is 1.07 bits per heavy atom. The van der Waals surface area contributed by atoms with Crippen LogP contribution in [0.5, 0.6) is 0 Å². The Balaban J connectivity index is 1.37. The minimum Gasteiger partial charge on any atom is -0.371 e. The van der Waals surface area contributed by atoms with Crippen molar-refractivity contribution in [2.45, 2.75) is 37.0 Å². The third kappa shape index (κ3) is 3.75. The number of sulfonamides is 1. The van der Waals surface area contributed by atoms with Crippen LogP contribution >= 0.6 is 0 Å². The molecule has 6 nitrogen and oxygen atoms in total. The van der Waals surface area contributed by atoms with Crippen LogP contribution in [0.2, 0.25) is 0 Å². The smallest absolute Gasteiger partial charge is 0.225 e. The van der Waals surface area contributed by atoms with Crippen LogP contribution in [0.1, 0.15) is 37.4 Å². The van der Waals surface area contributed by atoms with Crippen molar-refractivity contribution in [3.8, 4) is 0 Å². The zero-order valence-electron chi connectivity index (χ0n) is 15.2. The molecule has 8 heteroatoms. The van der Waals surface area contributed by atoms with Gasteiger partial charge in [-0.2, -0.15) is 4.31 Å². The lowest BCUT2D eigenvalue weighted by atomic mass is 10.0. The van der Waals surface area contributed by atoms with E-state index in [1.807, 2.05) is 0 Å². The first kappa shape index (κ1) is 18.8. The van der Waals surface area contributed by atoms with Crippen LogP contribution < -0.4 is 0 Å². The molecule has 148 valence electrons. The number of likely N-dealkylation sites (tertiary alicyclic amines) is 1. The van der Waals surface area contributed by atoms with Crippen molar-refractivity contribution in [1.29, 1.82) is 0 Å². The van der Waals surface area contributed by atoms with Crippen LogP contribution in [0.15, 0.2) is 24.3 Å². The fourth-order valence-electron chi connectivity index (χ4n) is 4.18. The van der Waals surface area contributed by atoms with Gasteiger partial charge in [0, 0.05) is 32.1 Å². The Bertz CT molecular complexity index is 786. The fraction of sp³-hybridized carbons (Fsp3) is 0.632. The molecule has 0 N–H and O–H groups in total. The average molecular weight is 396 g/mol. The minimum atomic E-state index is -3.48. The van der Waals surface area contributed by atoms with Gasteiger partial charge in [0.15, 0.2) is 0 Å². The monoisotopic (exact) mass is 396 g/mol. The highest BCUT2D eigenvalue weighted by Gasteiger charge is 2.45. The minimum absolute atomic E-state index is 0.0832. The van der Waals surface area contributed by atoms with Crippen LogP contribution in [0, 0.1) is 11.7 Å². The van der Waals surface area contributed by atoms with Gasteiger partial charge in [-0.05, 0) is 30.5 Å². The molecule has 27 heavy (non-hydrogen) atoms. The van der Waals surface area contributed by atoms with Gasteiger partial charge in [-0.25, -0.2) is 12.8 Å². The second-order valence-corrected chi connectivity index (χ2v) is 9.87. The molecule has 0 bridgehead atoms. The molecule has 1 amide bonds. The maximum absolute atomic E-state index is 13.1. The van der Waals surface area contributed by atoms with Gasteiger partial charge in [0.05, 0.1) is 12.7 Å². The van der Waals surface area contributed by atoms with E-state index in [1.54, 1.807) is 17.0 Å². The van der Waals surface area contributed by atoms with Crippen molar-refractivity contribution >= 4 is 15.9 Å². The lowest BCUT2D eigenvalue weighted by molar-refractivity contribution is -0.138. The van der Waals surface area contributed by atoms with E-state index in [9.17, 15) is 17.6 Å². The molecule has 4 rings (SSSR count). The molecule has 2 heterocycles. The average Bonchev–Trinajstić information content (AvgIpc) is 3.15. The van der Waals surface area contributed by atoms with Gasteiger partial charge in [-0.15, -0.1) is 0 Å². The maximum atomic E-state index is 13.1. The number of hydrogen-bond acceptors (Lipinski definition) is 4. The van der Waals surface area contributed by atoms with E-state index in [1.165, 1.54) is 16.4 Å². The van der Waals surface area contributed by atoms with E-state index in [0.29, 0.717) is 13.2 Å². The highest BCUT2D eigenvalue weighted by atomic mass is 32.2. The number of rotatable bonds is 4. The Morgan fingerprint density at radius 2 is 1.74 bits per heavy atom. The number of ether oxygens (including phenoxy) is 1. The first-order chi connectivity index (χ1) is 12.9. The summed E-state index contributed by atoms with van der Waals surface area (Å²) in [5.74, 6) is -0.134. The van der Waals surface area contributed by atoms with Gasteiger partial charge in [0.2, 0.25) is 15.9 Å². The number of amides is 1. The number of morpholine rings is 1. The number of hydrogen-bond donors (Lipinski definition) is 0. The van der Waals surface area contributed by atoms with Gasteiger partial charge < -0.3 is 9.64 Å². The van der Waals surface area contributed by atoms with E-state index < -0.39 is 21.4 Å². The number of benzene rings is 1. The van der Waals surface area contributed by atoms with E-state index in [-0.39, 0.29) is 37.3 Å². The molecule has 1 aromatic rings. The Kier molecular flexibility index (Phi) is 5.22. The molecule has 1 unspecified atom stereocenters. The summed E-state index contributed by atoms with van der Waals surface area (Å²) in [6.45, 7) is 1.42. The lowest BCUT2D eigenvalue weighted by Gasteiger charge is -2.43. The number of halogens is 1. The Morgan fingerprint density at radius 3 is 2.41 bits per heavy atom. The van der Waals surface area contributed by atoms with Crippen molar-refractivity contribution in [2.24, 2.45) is 5.92 Å². The standard InChI is InChI=1S/C19H25FN2O4S/c20-16-7-5-14(6-8-16)18-13-22(9-10-26-18)27(24,25)17-11-21(12-17)19(23)15-3-1-2-4-15/h5-8,15,17-18H,1-4,9-13H2. The summed E-state index contributed by atoms with van der Waals surface area (Å²) in [6.07, 6.45) is 3.63. The summed E-state index contributed by atoms with van der Waals surface area (Å²) in [7, 11) is -3.48. The van der Waals surface area contributed by atoms with Gasteiger partial charge in [-0.1, -0.05) is 25.0 Å². The molecule has 1 aromatic carbocycles. The highest BCUT2D eigenvalue weighted by Crippen LogP contribution is 2.31. The molecule has 1 aliphatic carbocycles. The van der Waals surface area contributed by atoms with Crippen LogP contribution in [0.4, 0.5) is 4.39 Å².